The standard InChI is InChI=1S/C14H17FO3/c1-10(16)5-6-14(8-18-9-14)12-7-11(15)3-4-13(12)17-2/h3-4,7H,5-6,8-9H2,1-2H3. The van der Waals surface area contributed by atoms with E-state index in [2.05, 4.69) is 0 Å². The van der Waals surface area contributed by atoms with Crippen molar-refractivity contribution in [3.8, 4) is 5.75 Å². The van der Waals surface area contributed by atoms with E-state index in [1.165, 1.54) is 12.1 Å². The summed E-state index contributed by atoms with van der Waals surface area (Å²) in [6.07, 6.45) is 1.14. The fourth-order valence-corrected chi connectivity index (χ4v) is 2.29. The van der Waals surface area contributed by atoms with Gasteiger partial charge in [-0.25, -0.2) is 4.39 Å². The number of carbonyl (C=O) groups is 1. The minimum Gasteiger partial charge on any atom is -0.496 e. The summed E-state index contributed by atoms with van der Waals surface area (Å²) < 4.78 is 24.0. The predicted molar refractivity (Wildman–Crippen MR) is 65.4 cm³/mol. The number of carbonyl (C=O) groups excluding carboxylic acids is 1. The fourth-order valence-electron chi connectivity index (χ4n) is 2.29. The van der Waals surface area contributed by atoms with Crippen LogP contribution in [0.2, 0.25) is 0 Å². The highest BCUT2D eigenvalue weighted by Gasteiger charge is 2.42. The lowest BCUT2D eigenvalue weighted by molar-refractivity contribution is -0.119. The molecule has 3 nitrogen and oxygen atoms in total. The summed E-state index contributed by atoms with van der Waals surface area (Å²) in [4.78, 5) is 11.1. The Morgan fingerprint density at radius 1 is 1.50 bits per heavy atom. The lowest BCUT2D eigenvalue weighted by atomic mass is 9.74. The molecule has 1 aliphatic rings. The van der Waals surface area contributed by atoms with Crippen LogP contribution in [0.3, 0.4) is 0 Å². The topological polar surface area (TPSA) is 35.5 Å². The van der Waals surface area contributed by atoms with Crippen LogP contribution in [-0.4, -0.2) is 26.1 Å². The highest BCUT2D eigenvalue weighted by atomic mass is 19.1. The number of rotatable bonds is 5. The van der Waals surface area contributed by atoms with E-state index in [4.69, 9.17) is 9.47 Å². The van der Waals surface area contributed by atoms with Crippen LogP contribution in [0.5, 0.6) is 5.75 Å². The summed E-state index contributed by atoms with van der Waals surface area (Å²) in [5.41, 5.74) is 0.525. The van der Waals surface area contributed by atoms with Gasteiger partial charge in [0.25, 0.3) is 0 Å². The summed E-state index contributed by atoms with van der Waals surface area (Å²) in [5, 5.41) is 0. The minimum absolute atomic E-state index is 0.136. The zero-order valence-electron chi connectivity index (χ0n) is 10.7. The highest BCUT2D eigenvalue weighted by Crippen LogP contribution is 2.41. The third-order valence-corrected chi connectivity index (χ3v) is 3.45. The monoisotopic (exact) mass is 252 g/mol. The quantitative estimate of drug-likeness (QED) is 0.807. The van der Waals surface area contributed by atoms with Gasteiger partial charge < -0.3 is 14.3 Å². The Morgan fingerprint density at radius 2 is 2.22 bits per heavy atom. The summed E-state index contributed by atoms with van der Waals surface area (Å²) in [6.45, 7) is 2.59. The van der Waals surface area contributed by atoms with Crippen molar-refractivity contribution < 1.29 is 18.7 Å². The first kappa shape index (κ1) is 13.0. The largest absolute Gasteiger partial charge is 0.496 e. The molecule has 1 aliphatic heterocycles. The molecular formula is C14H17FO3. The molecule has 0 amide bonds. The van der Waals surface area contributed by atoms with Crippen LogP contribution >= 0.6 is 0 Å². The number of methoxy groups -OCH3 is 1. The Balaban J connectivity index is 2.31. The molecule has 2 rings (SSSR count). The van der Waals surface area contributed by atoms with Crippen molar-refractivity contribution in [3.05, 3.63) is 29.6 Å². The number of Topliss-reactive ketones (excluding diaryl/α,β-unsaturated/α-hetero) is 1. The van der Waals surface area contributed by atoms with Crippen LogP contribution in [0, 0.1) is 5.82 Å². The molecule has 0 aliphatic carbocycles. The molecule has 0 unspecified atom stereocenters. The number of hydrogen-bond donors (Lipinski definition) is 0. The van der Waals surface area contributed by atoms with Crippen LogP contribution in [0.1, 0.15) is 25.3 Å². The molecule has 4 heteroatoms. The van der Waals surface area contributed by atoms with Gasteiger partial charge in [-0.1, -0.05) is 0 Å². The van der Waals surface area contributed by atoms with E-state index in [0.29, 0.717) is 31.8 Å². The van der Waals surface area contributed by atoms with Crippen molar-refractivity contribution in [2.24, 2.45) is 0 Å². The Kier molecular flexibility index (Phi) is 3.66. The van der Waals surface area contributed by atoms with Gasteiger partial charge in [-0.05, 0) is 31.5 Å². The van der Waals surface area contributed by atoms with Crippen molar-refractivity contribution in [2.75, 3.05) is 20.3 Å². The molecule has 0 aromatic heterocycles. The molecule has 0 atom stereocenters. The van der Waals surface area contributed by atoms with Crippen LogP contribution in [-0.2, 0) is 14.9 Å². The van der Waals surface area contributed by atoms with Crippen molar-refractivity contribution in [2.45, 2.75) is 25.2 Å². The van der Waals surface area contributed by atoms with Crippen molar-refractivity contribution >= 4 is 5.78 Å². The maximum Gasteiger partial charge on any atom is 0.129 e. The SMILES string of the molecule is COc1ccc(F)cc1C1(CCC(C)=O)COC1. The van der Waals surface area contributed by atoms with Gasteiger partial charge in [0.1, 0.15) is 17.3 Å². The first-order valence-electron chi connectivity index (χ1n) is 5.99. The van der Waals surface area contributed by atoms with Gasteiger partial charge in [0.2, 0.25) is 0 Å². The van der Waals surface area contributed by atoms with E-state index >= 15 is 0 Å². The van der Waals surface area contributed by atoms with Gasteiger partial charge in [-0.2, -0.15) is 0 Å². The molecule has 1 fully saturated rings. The lowest BCUT2D eigenvalue weighted by Crippen LogP contribution is -2.47. The minimum atomic E-state index is -0.292. The molecule has 1 heterocycles. The zero-order chi connectivity index (χ0) is 13.2. The molecule has 1 aromatic carbocycles. The molecule has 0 bridgehead atoms. The number of benzene rings is 1. The van der Waals surface area contributed by atoms with Crippen molar-refractivity contribution in [1.82, 2.24) is 0 Å². The van der Waals surface area contributed by atoms with Crippen molar-refractivity contribution in [1.29, 1.82) is 0 Å². The fraction of sp³-hybridized carbons (Fsp3) is 0.500. The summed E-state index contributed by atoms with van der Waals surface area (Å²) in [5.74, 6) is 0.500. The third-order valence-electron chi connectivity index (χ3n) is 3.45. The number of ketones is 1. The second kappa shape index (κ2) is 5.06. The second-order valence-electron chi connectivity index (χ2n) is 4.82. The average molecular weight is 252 g/mol. The Bertz CT molecular complexity index is 452. The van der Waals surface area contributed by atoms with Crippen LogP contribution in [0.25, 0.3) is 0 Å². The van der Waals surface area contributed by atoms with Gasteiger partial charge in [0.15, 0.2) is 0 Å². The molecular weight excluding hydrogens is 235 g/mol. The maximum atomic E-state index is 13.4. The second-order valence-corrected chi connectivity index (χ2v) is 4.82. The maximum absolute atomic E-state index is 13.4. The predicted octanol–water partition coefficient (Wildman–Crippen LogP) is 2.47. The molecule has 1 aromatic rings. The Hall–Kier alpha value is -1.42. The van der Waals surface area contributed by atoms with E-state index in [1.54, 1.807) is 20.1 Å². The van der Waals surface area contributed by atoms with Gasteiger partial charge in [0, 0.05) is 17.4 Å². The first-order chi connectivity index (χ1) is 8.57. The van der Waals surface area contributed by atoms with Crippen LogP contribution < -0.4 is 4.74 Å². The molecule has 0 N–H and O–H groups in total. The van der Waals surface area contributed by atoms with Crippen LogP contribution in [0.15, 0.2) is 18.2 Å². The molecule has 0 saturated carbocycles. The van der Waals surface area contributed by atoms with E-state index in [0.717, 1.165) is 5.56 Å². The Labute approximate surface area is 106 Å². The van der Waals surface area contributed by atoms with E-state index < -0.39 is 0 Å². The molecule has 98 valence electrons. The smallest absolute Gasteiger partial charge is 0.129 e. The molecule has 1 saturated heterocycles. The lowest BCUT2D eigenvalue weighted by Gasteiger charge is -2.42. The van der Waals surface area contributed by atoms with E-state index in [9.17, 15) is 9.18 Å². The summed E-state index contributed by atoms with van der Waals surface area (Å²) >= 11 is 0. The number of halogens is 1. The molecule has 0 spiro atoms. The summed E-state index contributed by atoms with van der Waals surface area (Å²) in [6, 6.07) is 4.49. The first-order valence-corrected chi connectivity index (χ1v) is 5.99. The van der Waals surface area contributed by atoms with Crippen LogP contribution in [0.4, 0.5) is 4.39 Å². The van der Waals surface area contributed by atoms with E-state index in [-0.39, 0.29) is 17.0 Å². The Morgan fingerprint density at radius 3 is 2.72 bits per heavy atom. The van der Waals surface area contributed by atoms with Gasteiger partial charge in [-0.15, -0.1) is 0 Å². The normalized spacial score (nSPS) is 17.1. The van der Waals surface area contributed by atoms with Gasteiger partial charge in [0.05, 0.1) is 20.3 Å². The summed E-state index contributed by atoms with van der Waals surface area (Å²) in [7, 11) is 1.56. The van der Waals surface area contributed by atoms with Gasteiger partial charge >= 0.3 is 0 Å². The number of ether oxygens (including phenoxy) is 2. The molecule has 0 radical (unpaired) electrons. The average Bonchev–Trinajstić information content (AvgIpc) is 2.27. The number of hydrogen-bond acceptors (Lipinski definition) is 3. The zero-order valence-corrected chi connectivity index (χ0v) is 10.7. The third kappa shape index (κ3) is 2.38. The van der Waals surface area contributed by atoms with E-state index in [1.807, 2.05) is 0 Å². The molecule has 18 heavy (non-hydrogen) atoms. The highest BCUT2D eigenvalue weighted by molar-refractivity contribution is 5.75. The van der Waals surface area contributed by atoms with Gasteiger partial charge in [-0.3, -0.25) is 0 Å². The van der Waals surface area contributed by atoms with Crippen molar-refractivity contribution in [3.63, 3.8) is 0 Å².